The zero-order chi connectivity index (χ0) is 19.1. The molecule has 0 saturated heterocycles. The lowest BCUT2D eigenvalue weighted by Crippen LogP contribution is -2.07. The lowest BCUT2D eigenvalue weighted by Gasteiger charge is -2.21. The van der Waals surface area contributed by atoms with Crippen LogP contribution in [0.1, 0.15) is 92.3 Å². The number of rotatable bonds is 10. The van der Waals surface area contributed by atoms with Gasteiger partial charge in [-0.05, 0) is 66.0 Å². The number of aryl methyl sites for hydroxylation is 3. The lowest BCUT2D eigenvalue weighted by atomic mass is 9.83. The molecule has 27 heavy (non-hydrogen) atoms. The second kappa shape index (κ2) is 9.88. The second-order valence-corrected chi connectivity index (χ2v) is 8.05. The van der Waals surface area contributed by atoms with Gasteiger partial charge in [-0.1, -0.05) is 76.3 Å². The van der Waals surface area contributed by atoms with E-state index in [1.54, 1.807) is 0 Å². The summed E-state index contributed by atoms with van der Waals surface area (Å²) in [6, 6.07) is 13.4. The SMILES string of the molecule is CCCCCCCCc1ccc2c(c1)CCc1cc(C(=O)CCC)ccc1-2. The molecule has 3 rings (SSSR count). The van der Waals surface area contributed by atoms with Gasteiger partial charge in [-0.25, -0.2) is 0 Å². The summed E-state index contributed by atoms with van der Waals surface area (Å²) in [5.74, 6) is 0.278. The Bertz CT molecular complexity index is 772. The number of benzene rings is 2. The highest BCUT2D eigenvalue weighted by molar-refractivity contribution is 5.97. The Kier molecular flexibility index (Phi) is 7.26. The van der Waals surface area contributed by atoms with Gasteiger partial charge in [0.15, 0.2) is 5.78 Å². The number of unbranched alkanes of at least 4 members (excludes halogenated alkanes) is 5. The van der Waals surface area contributed by atoms with Crippen molar-refractivity contribution in [2.75, 3.05) is 0 Å². The first-order valence-electron chi connectivity index (χ1n) is 11.0. The van der Waals surface area contributed by atoms with Crippen molar-refractivity contribution in [3.63, 3.8) is 0 Å². The molecule has 0 amide bonds. The number of carbonyl (C=O) groups excluding carboxylic acids is 1. The van der Waals surface area contributed by atoms with Crippen LogP contribution in [0.15, 0.2) is 36.4 Å². The fraction of sp³-hybridized carbons (Fsp3) is 0.500. The van der Waals surface area contributed by atoms with E-state index in [1.165, 1.54) is 72.8 Å². The molecule has 144 valence electrons. The van der Waals surface area contributed by atoms with E-state index in [2.05, 4.69) is 44.2 Å². The molecule has 0 aromatic heterocycles. The molecule has 0 aliphatic heterocycles. The van der Waals surface area contributed by atoms with Crippen LogP contribution < -0.4 is 0 Å². The molecule has 0 spiro atoms. The summed E-state index contributed by atoms with van der Waals surface area (Å²) in [6.45, 7) is 4.34. The van der Waals surface area contributed by atoms with Gasteiger partial charge < -0.3 is 0 Å². The highest BCUT2D eigenvalue weighted by Gasteiger charge is 2.18. The quantitative estimate of drug-likeness (QED) is 0.319. The molecular formula is C26H34O. The number of carbonyl (C=O) groups is 1. The third-order valence-corrected chi connectivity index (χ3v) is 5.85. The molecule has 2 aromatic rings. The molecule has 0 radical (unpaired) electrons. The third-order valence-electron chi connectivity index (χ3n) is 5.85. The van der Waals surface area contributed by atoms with Crippen molar-refractivity contribution in [1.82, 2.24) is 0 Å². The summed E-state index contributed by atoms with van der Waals surface area (Å²) in [6.07, 6.45) is 13.1. The van der Waals surface area contributed by atoms with Crippen LogP contribution in [0.5, 0.6) is 0 Å². The molecule has 1 aliphatic rings. The van der Waals surface area contributed by atoms with Crippen LogP contribution in [0.4, 0.5) is 0 Å². The fourth-order valence-electron chi connectivity index (χ4n) is 4.26. The Morgan fingerprint density at radius 2 is 1.44 bits per heavy atom. The number of hydrogen-bond acceptors (Lipinski definition) is 1. The normalized spacial score (nSPS) is 12.5. The van der Waals surface area contributed by atoms with Gasteiger partial charge in [0.1, 0.15) is 0 Å². The van der Waals surface area contributed by atoms with E-state index in [9.17, 15) is 4.79 Å². The molecule has 0 unspecified atom stereocenters. The summed E-state index contributed by atoms with van der Waals surface area (Å²) in [5.41, 5.74) is 7.90. The zero-order valence-corrected chi connectivity index (χ0v) is 17.2. The molecule has 2 aromatic carbocycles. The van der Waals surface area contributed by atoms with E-state index in [1.807, 2.05) is 6.07 Å². The van der Waals surface area contributed by atoms with Gasteiger partial charge in [0, 0.05) is 12.0 Å². The number of hydrogen-bond donors (Lipinski definition) is 0. The van der Waals surface area contributed by atoms with E-state index in [0.29, 0.717) is 6.42 Å². The van der Waals surface area contributed by atoms with Crippen LogP contribution >= 0.6 is 0 Å². The van der Waals surface area contributed by atoms with E-state index >= 15 is 0 Å². The summed E-state index contributed by atoms with van der Waals surface area (Å²) in [5, 5.41) is 0. The molecular weight excluding hydrogens is 328 g/mol. The third kappa shape index (κ3) is 5.09. The Hall–Kier alpha value is -1.89. The average molecular weight is 363 g/mol. The summed E-state index contributed by atoms with van der Waals surface area (Å²) in [7, 11) is 0. The van der Waals surface area contributed by atoms with Crippen molar-refractivity contribution < 1.29 is 4.79 Å². The first-order valence-corrected chi connectivity index (χ1v) is 11.0. The molecule has 0 N–H and O–H groups in total. The smallest absolute Gasteiger partial charge is 0.162 e. The van der Waals surface area contributed by atoms with Crippen molar-refractivity contribution in [2.24, 2.45) is 0 Å². The van der Waals surface area contributed by atoms with Crippen LogP contribution in [0.2, 0.25) is 0 Å². The molecule has 0 atom stereocenters. The fourth-order valence-corrected chi connectivity index (χ4v) is 4.26. The maximum absolute atomic E-state index is 12.2. The highest BCUT2D eigenvalue weighted by atomic mass is 16.1. The zero-order valence-electron chi connectivity index (χ0n) is 17.2. The van der Waals surface area contributed by atoms with E-state index in [-0.39, 0.29) is 5.78 Å². The van der Waals surface area contributed by atoms with Gasteiger partial charge in [-0.3, -0.25) is 4.79 Å². The summed E-state index contributed by atoms with van der Waals surface area (Å²) >= 11 is 0. The monoisotopic (exact) mass is 362 g/mol. The number of fused-ring (bicyclic) bond motifs is 3. The van der Waals surface area contributed by atoms with Gasteiger partial charge in [0.05, 0.1) is 0 Å². The van der Waals surface area contributed by atoms with Gasteiger partial charge in [-0.2, -0.15) is 0 Å². The maximum Gasteiger partial charge on any atom is 0.162 e. The van der Waals surface area contributed by atoms with Gasteiger partial charge in [0.25, 0.3) is 0 Å². The minimum atomic E-state index is 0.278. The molecule has 1 aliphatic carbocycles. The Morgan fingerprint density at radius 3 is 2.19 bits per heavy atom. The second-order valence-electron chi connectivity index (χ2n) is 8.05. The Balaban J connectivity index is 1.66. The van der Waals surface area contributed by atoms with Crippen molar-refractivity contribution in [2.45, 2.75) is 84.5 Å². The minimum Gasteiger partial charge on any atom is -0.294 e. The Morgan fingerprint density at radius 1 is 0.778 bits per heavy atom. The summed E-state index contributed by atoms with van der Waals surface area (Å²) < 4.78 is 0. The van der Waals surface area contributed by atoms with E-state index in [4.69, 9.17) is 0 Å². The molecule has 0 saturated carbocycles. The van der Waals surface area contributed by atoms with Crippen molar-refractivity contribution >= 4 is 5.78 Å². The van der Waals surface area contributed by atoms with Crippen molar-refractivity contribution in [1.29, 1.82) is 0 Å². The largest absolute Gasteiger partial charge is 0.294 e. The molecule has 1 nitrogen and oxygen atoms in total. The minimum absolute atomic E-state index is 0.278. The van der Waals surface area contributed by atoms with Crippen LogP contribution in [-0.4, -0.2) is 5.78 Å². The molecule has 0 fully saturated rings. The van der Waals surface area contributed by atoms with Crippen LogP contribution in [0.3, 0.4) is 0 Å². The van der Waals surface area contributed by atoms with Crippen LogP contribution in [0, 0.1) is 0 Å². The van der Waals surface area contributed by atoms with Gasteiger partial charge >= 0.3 is 0 Å². The Labute approximate surface area is 165 Å². The van der Waals surface area contributed by atoms with E-state index < -0.39 is 0 Å². The number of Topliss-reactive ketones (excluding diaryl/α,β-unsaturated/α-hetero) is 1. The maximum atomic E-state index is 12.2. The standard InChI is InChI=1S/C26H34O/c1-3-5-6-7-8-9-11-20-12-16-24-21(18-20)13-14-22-19-23(15-17-25(22)24)26(27)10-4-2/h12,15-19H,3-11,13-14H2,1-2H3. The first kappa shape index (κ1) is 19.9. The highest BCUT2D eigenvalue weighted by Crippen LogP contribution is 2.35. The van der Waals surface area contributed by atoms with Crippen LogP contribution in [-0.2, 0) is 19.3 Å². The van der Waals surface area contributed by atoms with Crippen molar-refractivity contribution in [3.8, 4) is 11.1 Å². The van der Waals surface area contributed by atoms with Crippen molar-refractivity contribution in [3.05, 3.63) is 58.7 Å². The predicted octanol–water partition coefficient (Wildman–Crippen LogP) is 7.34. The van der Waals surface area contributed by atoms with E-state index in [0.717, 1.165) is 24.8 Å². The topological polar surface area (TPSA) is 17.1 Å². The molecule has 0 heterocycles. The first-order chi connectivity index (χ1) is 13.2. The predicted molar refractivity (Wildman–Crippen MR) is 116 cm³/mol. The van der Waals surface area contributed by atoms with Crippen LogP contribution in [0.25, 0.3) is 11.1 Å². The lowest BCUT2D eigenvalue weighted by molar-refractivity contribution is 0.0981. The number of ketones is 1. The average Bonchev–Trinajstić information content (AvgIpc) is 2.70. The molecule has 1 heteroatoms. The van der Waals surface area contributed by atoms with Gasteiger partial charge in [-0.15, -0.1) is 0 Å². The summed E-state index contributed by atoms with van der Waals surface area (Å²) in [4.78, 5) is 12.2. The van der Waals surface area contributed by atoms with Gasteiger partial charge in [0.2, 0.25) is 0 Å². The molecule has 0 bridgehead atoms.